The molecule has 126 valence electrons. The molecule has 1 aromatic carbocycles. The molecule has 0 radical (unpaired) electrons. The number of nitrogens with one attached hydrogen (secondary N) is 1. The number of aliphatic carboxylic acids is 1. The molecule has 0 unspecified atom stereocenters. The van der Waals surface area contributed by atoms with Crippen molar-refractivity contribution in [2.24, 2.45) is 0 Å². The molecule has 1 heterocycles. The quantitative estimate of drug-likeness (QED) is 0.777. The molecular formula is C17H25N3O3. The van der Waals surface area contributed by atoms with Gasteiger partial charge in [0.1, 0.15) is 6.54 Å². The number of carbonyl (C=O) groups excluding carboxylic acids is 1. The van der Waals surface area contributed by atoms with E-state index in [2.05, 4.69) is 34.5 Å². The zero-order chi connectivity index (χ0) is 16.7. The lowest BCUT2D eigenvalue weighted by atomic mass is 10.0. The second-order valence-electron chi connectivity index (χ2n) is 6.08. The van der Waals surface area contributed by atoms with Crippen LogP contribution in [0, 0.1) is 0 Å². The van der Waals surface area contributed by atoms with Gasteiger partial charge in [0.05, 0.1) is 6.54 Å². The van der Waals surface area contributed by atoms with E-state index >= 15 is 0 Å². The minimum absolute atomic E-state index is 0.235. The van der Waals surface area contributed by atoms with Crippen LogP contribution in [0.3, 0.4) is 0 Å². The van der Waals surface area contributed by atoms with Crippen LogP contribution in [0.1, 0.15) is 18.4 Å². The van der Waals surface area contributed by atoms with E-state index in [0.29, 0.717) is 6.04 Å². The minimum atomic E-state index is -1.02. The molecule has 6 nitrogen and oxygen atoms in total. The van der Waals surface area contributed by atoms with Gasteiger partial charge in [-0.1, -0.05) is 30.3 Å². The molecule has 0 aromatic heterocycles. The van der Waals surface area contributed by atoms with E-state index in [-0.39, 0.29) is 19.0 Å². The zero-order valence-electron chi connectivity index (χ0n) is 13.6. The Morgan fingerprint density at radius 2 is 1.91 bits per heavy atom. The highest BCUT2D eigenvalue weighted by Crippen LogP contribution is 2.17. The number of benzene rings is 1. The highest BCUT2D eigenvalue weighted by Gasteiger charge is 2.23. The topological polar surface area (TPSA) is 72.9 Å². The van der Waals surface area contributed by atoms with Crippen LogP contribution in [0.2, 0.25) is 0 Å². The van der Waals surface area contributed by atoms with Crippen molar-refractivity contribution in [3.8, 4) is 0 Å². The fourth-order valence-electron chi connectivity index (χ4n) is 2.95. The Bertz CT molecular complexity index is 513. The Morgan fingerprint density at radius 3 is 2.52 bits per heavy atom. The van der Waals surface area contributed by atoms with E-state index in [9.17, 15) is 9.59 Å². The third-order valence-corrected chi connectivity index (χ3v) is 4.26. The normalized spacial score (nSPS) is 16.4. The van der Waals surface area contributed by atoms with Crippen LogP contribution < -0.4 is 5.32 Å². The highest BCUT2D eigenvalue weighted by molar-refractivity contribution is 5.82. The van der Waals surface area contributed by atoms with Gasteiger partial charge in [-0.25, -0.2) is 0 Å². The van der Waals surface area contributed by atoms with Crippen LogP contribution in [-0.2, 0) is 16.1 Å². The Morgan fingerprint density at radius 1 is 1.26 bits per heavy atom. The summed E-state index contributed by atoms with van der Waals surface area (Å²) in [5.74, 6) is -1.25. The van der Waals surface area contributed by atoms with Gasteiger partial charge in [0, 0.05) is 12.6 Å². The number of carboxylic acid groups (broad SMARTS) is 1. The van der Waals surface area contributed by atoms with E-state index in [4.69, 9.17) is 5.11 Å². The standard InChI is InChI=1S/C17H25N3O3/c1-19(13-16(21)18-11-17(22)23)15-7-9-20(10-8-15)12-14-5-3-2-4-6-14/h2-6,15H,7-13H2,1H3,(H,18,21)(H,22,23). The molecule has 1 saturated heterocycles. The summed E-state index contributed by atoms with van der Waals surface area (Å²) in [5, 5.41) is 11.0. The van der Waals surface area contributed by atoms with Crippen LogP contribution in [0.4, 0.5) is 0 Å². The van der Waals surface area contributed by atoms with E-state index < -0.39 is 5.97 Å². The Kier molecular flexibility index (Phi) is 6.55. The third kappa shape index (κ3) is 6.00. The average molecular weight is 319 g/mol. The molecule has 1 aliphatic heterocycles. The molecule has 0 saturated carbocycles. The summed E-state index contributed by atoms with van der Waals surface area (Å²) in [7, 11) is 1.93. The van der Waals surface area contributed by atoms with Gasteiger partial charge in [-0.15, -0.1) is 0 Å². The number of carboxylic acids is 1. The molecule has 0 aliphatic carbocycles. The number of piperidine rings is 1. The van der Waals surface area contributed by atoms with Crippen LogP contribution in [0.5, 0.6) is 0 Å². The van der Waals surface area contributed by atoms with Crippen molar-refractivity contribution < 1.29 is 14.7 Å². The smallest absolute Gasteiger partial charge is 0.322 e. The van der Waals surface area contributed by atoms with E-state index in [1.807, 2.05) is 18.0 Å². The van der Waals surface area contributed by atoms with E-state index in [1.54, 1.807) is 0 Å². The monoisotopic (exact) mass is 319 g/mol. The molecule has 0 bridgehead atoms. The predicted octanol–water partition coefficient (Wildman–Crippen LogP) is 0.784. The molecule has 0 spiro atoms. The minimum Gasteiger partial charge on any atom is -0.480 e. The third-order valence-electron chi connectivity index (χ3n) is 4.26. The number of likely N-dealkylation sites (N-methyl/N-ethyl adjacent to an activating group) is 1. The number of likely N-dealkylation sites (tertiary alicyclic amines) is 1. The SMILES string of the molecule is CN(CC(=O)NCC(=O)O)C1CCN(Cc2ccccc2)CC1. The first kappa shape index (κ1) is 17.4. The van der Waals surface area contributed by atoms with Crippen molar-refractivity contribution in [1.29, 1.82) is 0 Å². The lowest BCUT2D eigenvalue weighted by Crippen LogP contribution is -2.46. The number of hydrogen-bond donors (Lipinski definition) is 2. The maximum Gasteiger partial charge on any atom is 0.322 e. The summed E-state index contributed by atoms with van der Waals surface area (Å²) in [6.45, 7) is 2.93. The fraction of sp³-hybridized carbons (Fsp3) is 0.529. The van der Waals surface area contributed by atoms with Gasteiger partial charge in [0.2, 0.25) is 5.91 Å². The number of amides is 1. The second kappa shape index (κ2) is 8.64. The van der Waals surface area contributed by atoms with Gasteiger partial charge in [-0.05, 0) is 38.5 Å². The number of carbonyl (C=O) groups is 2. The number of hydrogen-bond acceptors (Lipinski definition) is 4. The van der Waals surface area contributed by atoms with Crippen molar-refractivity contribution in [2.75, 3.05) is 33.2 Å². The first-order valence-corrected chi connectivity index (χ1v) is 7.99. The van der Waals surface area contributed by atoms with Gasteiger partial charge in [0.25, 0.3) is 0 Å². The van der Waals surface area contributed by atoms with Gasteiger partial charge in [-0.3, -0.25) is 19.4 Å². The number of nitrogens with zero attached hydrogens (tertiary/aromatic N) is 2. The summed E-state index contributed by atoms with van der Waals surface area (Å²) < 4.78 is 0. The average Bonchev–Trinajstić information content (AvgIpc) is 2.54. The summed E-state index contributed by atoms with van der Waals surface area (Å²) in [6, 6.07) is 10.8. The van der Waals surface area contributed by atoms with Crippen molar-refractivity contribution in [3.05, 3.63) is 35.9 Å². The molecule has 1 aliphatic rings. The van der Waals surface area contributed by atoms with Crippen LogP contribution in [-0.4, -0.2) is 66.1 Å². The van der Waals surface area contributed by atoms with Crippen LogP contribution in [0.15, 0.2) is 30.3 Å². The lowest BCUT2D eigenvalue weighted by Gasteiger charge is -2.36. The van der Waals surface area contributed by atoms with Gasteiger partial charge < -0.3 is 10.4 Å². The molecule has 23 heavy (non-hydrogen) atoms. The largest absolute Gasteiger partial charge is 0.480 e. The highest BCUT2D eigenvalue weighted by atomic mass is 16.4. The van der Waals surface area contributed by atoms with Crippen molar-refractivity contribution in [3.63, 3.8) is 0 Å². The van der Waals surface area contributed by atoms with Gasteiger partial charge in [-0.2, -0.15) is 0 Å². The summed E-state index contributed by atoms with van der Waals surface area (Å²) in [6.07, 6.45) is 2.05. The second-order valence-corrected chi connectivity index (χ2v) is 6.08. The fourth-order valence-corrected chi connectivity index (χ4v) is 2.95. The zero-order valence-corrected chi connectivity index (χ0v) is 13.6. The first-order valence-electron chi connectivity index (χ1n) is 7.99. The molecule has 0 atom stereocenters. The Hall–Kier alpha value is -1.92. The molecule has 1 aromatic rings. The Labute approximate surface area is 137 Å². The molecular weight excluding hydrogens is 294 g/mol. The summed E-state index contributed by atoms with van der Waals surface area (Å²) in [4.78, 5) is 26.6. The van der Waals surface area contributed by atoms with E-state index in [0.717, 1.165) is 32.5 Å². The molecule has 1 fully saturated rings. The lowest BCUT2D eigenvalue weighted by molar-refractivity contribution is -0.138. The maximum absolute atomic E-state index is 11.7. The maximum atomic E-state index is 11.7. The summed E-state index contributed by atoms with van der Waals surface area (Å²) >= 11 is 0. The predicted molar refractivity (Wildman–Crippen MR) is 88.0 cm³/mol. The molecule has 2 rings (SSSR count). The molecule has 1 amide bonds. The van der Waals surface area contributed by atoms with Gasteiger partial charge >= 0.3 is 5.97 Å². The van der Waals surface area contributed by atoms with Crippen molar-refractivity contribution in [2.45, 2.75) is 25.4 Å². The Balaban J connectivity index is 1.71. The molecule has 2 N–H and O–H groups in total. The van der Waals surface area contributed by atoms with Crippen molar-refractivity contribution >= 4 is 11.9 Å². The van der Waals surface area contributed by atoms with E-state index in [1.165, 1.54) is 5.56 Å². The first-order chi connectivity index (χ1) is 11.0. The summed E-state index contributed by atoms with van der Waals surface area (Å²) in [5.41, 5.74) is 1.33. The number of rotatable bonds is 7. The van der Waals surface area contributed by atoms with Crippen LogP contribution in [0.25, 0.3) is 0 Å². The molecule has 6 heteroatoms. The van der Waals surface area contributed by atoms with Gasteiger partial charge in [0.15, 0.2) is 0 Å². The van der Waals surface area contributed by atoms with Crippen LogP contribution >= 0.6 is 0 Å². The van der Waals surface area contributed by atoms with Crippen molar-refractivity contribution in [1.82, 2.24) is 15.1 Å².